The number of rotatable bonds is 4. The summed E-state index contributed by atoms with van der Waals surface area (Å²) in [5, 5.41) is 6.88. The fourth-order valence-electron chi connectivity index (χ4n) is 1.74. The van der Waals surface area contributed by atoms with Crippen molar-refractivity contribution in [2.24, 2.45) is 7.05 Å². The third-order valence-electron chi connectivity index (χ3n) is 2.68. The minimum atomic E-state index is -0.330. The maximum Gasteiger partial charge on any atom is 0.277 e. The van der Waals surface area contributed by atoms with E-state index in [1.807, 2.05) is 0 Å². The van der Waals surface area contributed by atoms with Crippen LogP contribution < -0.4 is 14.8 Å². The van der Waals surface area contributed by atoms with Crippen LogP contribution in [0.3, 0.4) is 0 Å². The molecular weight excluding hydrogens is 326 g/mol. The van der Waals surface area contributed by atoms with Gasteiger partial charge in [-0.15, -0.1) is 0 Å². The number of aromatic nitrogens is 2. The highest BCUT2D eigenvalue weighted by molar-refractivity contribution is 9.10. The summed E-state index contributed by atoms with van der Waals surface area (Å²) in [7, 11) is 4.79. The predicted molar refractivity (Wildman–Crippen MR) is 78.4 cm³/mol. The van der Waals surface area contributed by atoms with E-state index in [1.54, 1.807) is 38.4 Å². The Morgan fingerprint density at radius 2 is 2.10 bits per heavy atom. The van der Waals surface area contributed by atoms with Crippen molar-refractivity contribution < 1.29 is 14.3 Å². The molecule has 0 unspecified atom stereocenters. The summed E-state index contributed by atoms with van der Waals surface area (Å²) in [6.45, 7) is 0. The van der Waals surface area contributed by atoms with Gasteiger partial charge in [0.15, 0.2) is 5.69 Å². The maximum atomic E-state index is 12.2. The molecular formula is C13H14BrN3O3. The molecule has 106 valence electrons. The number of carbonyl (C=O) groups excluding carboxylic acids is 1. The van der Waals surface area contributed by atoms with Crippen LogP contribution >= 0.6 is 15.9 Å². The van der Waals surface area contributed by atoms with Gasteiger partial charge in [0.2, 0.25) is 5.88 Å². The number of halogens is 1. The van der Waals surface area contributed by atoms with E-state index < -0.39 is 0 Å². The predicted octanol–water partition coefficient (Wildman–Crippen LogP) is 2.45. The van der Waals surface area contributed by atoms with E-state index in [-0.39, 0.29) is 11.6 Å². The molecule has 1 N–H and O–H groups in total. The number of hydrogen-bond acceptors (Lipinski definition) is 4. The summed E-state index contributed by atoms with van der Waals surface area (Å²) < 4.78 is 12.3. The lowest BCUT2D eigenvalue weighted by Gasteiger charge is -2.05. The Hall–Kier alpha value is -2.02. The number of nitrogens with zero attached hydrogens (tertiary/aromatic N) is 2. The molecule has 0 aliphatic heterocycles. The van der Waals surface area contributed by atoms with E-state index in [9.17, 15) is 4.79 Å². The molecule has 1 amide bonds. The molecule has 0 spiro atoms. The standard InChI is InChI=1S/C13H14BrN3O3/c1-17-13(20-3)10(14)11(16-17)12(18)15-8-5-4-6-9(7-8)19-2/h4-7H,1-3H3,(H,15,18). The van der Waals surface area contributed by atoms with Crippen molar-refractivity contribution in [1.29, 1.82) is 0 Å². The van der Waals surface area contributed by atoms with Crippen LogP contribution in [0, 0.1) is 0 Å². The fraction of sp³-hybridized carbons (Fsp3) is 0.231. The summed E-state index contributed by atoms with van der Waals surface area (Å²) in [5.74, 6) is 0.824. The molecule has 2 rings (SSSR count). The van der Waals surface area contributed by atoms with E-state index in [4.69, 9.17) is 9.47 Å². The van der Waals surface area contributed by atoms with Gasteiger partial charge in [0, 0.05) is 18.8 Å². The quantitative estimate of drug-likeness (QED) is 0.929. The van der Waals surface area contributed by atoms with Gasteiger partial charge < -0.3 is 14.8 Å². The zero-order valence-corrected chi connectivity index (χ0v) is 12.9. The molecule has 7 heteroatoms. The second-order valence-corrected chi connectivity index (χ2v) is 4.77. The lowest BCUT2D eigenvalue weighted by Crippen LogP contribution is -2.13. The van der Waals surface area contributed by atoms with Crippen molar-refractivity contribution in [3.63, 3.8) is 0 Å². The highest BCUT2D eigenvalue weighted by Crippen LogP contribution is 2.28. The second-order valence-electron chi connectivity index (χ2n) is 3.98. The Bertz CT molecular complexity index is 640. The number of nitrogens with one attached hydrogen (secondary N) is 1. The lowest BCUT2D eigenvalue weighted by atomic mass is 10.3. The Morgan fingerprint density at radius 1 is 1.35 bits per heavy atom. The Labute approximate surface area is 124 Å². The van der Waals surface area contributed by atoms with Gasteiger partial charge in [-0.25, -0.2) is 4.68 Å². The average Bonchev–Trinajstić information content (AvgIpc) is 2.73. The van der Waals surface area contributed by atoms with E-state index in [2.05, 4.69) is 26.3 Å². The molecule has 0 fully saturated rings. The number of benzene rings is 1. The number of carbonyl (C=O) groups is 1. The van der Waals surface area contributed by atoms with Gasteiger partial charge in [-0.05, 0) is 28.1 Å². The number of ether oxygens (including phenoxy) is 2. The first-order chi connectivity index (χ1) is 9.56. The molecule has 0 radical (unpaired) electrons. The van der Waals surface area contributed by atoms with Gasteiger partial charge in [0.1, 0.15) is 10.2 Å². The van der Waals surface area contributed by atoms with Crippen LogP contribution in [0.5, 0.6) is 11.6 Å². The third-order valence-corrected chi connectivity index (χ3v) is 3.39. The van der Waals surface area contributed by atoms with E-state index in [0.29, 0.717) is 21.8 Å². The first-order valence-corrected chi connectivity index (χ1v) is 6.58. The van der Waals surface area contributed by atoms with Crippen LogP contribution in [0.2, 0.25) is 0 Å². The van der Waals surface area contributed by atoms with E-state index >= 15 is 0 Å². The van der Waals surface area contributed by atoms with Gasteiger partial charge in [0.25, 0.3) is 5.91 Å². The van der Waals surface area contributed by atoms with Gasteiger partial charge in [-0.3, -0.25) is 4.79 Å². The molecule has 0 saturated heterocycles. The summed E-state index contributed by atoms with van der Waals surface area (Å²) in [5.41, 5.74) is 0.887. The third kappa shape index (κ3) is 2.77. The highest BCUT2D eigenvalue weighted by Gasteiger charge is 2.20. The van der Waals surface area contributed by atoms with Crippen LogP contribution in [0.1, 0.15) is 10.5 Å². The number of hydrogen-bond donors (Lipinski definition) is 1. The average molecular weight is 340 g/mol. The smallest absolute Gasteiger partial charge is 0.277 e. The maximum absolute atomic E-state index is 12.2. The number of aryl methyl sites for hydroxylation is 1. The van der Waals surface area contributed by atoms with E-state index in [1.165, 1.54) is 11.8 Å². The van der Waals surface area contributed by atoms with Crippen molar-refractivity contribution in [2.45, 2.75) is 0 Å². The van der Waals surface area contributed by atoms with Crippen LogP contribution in [0.4, 0.5) is 5.69 Å². The summed E-state index contributed by atoms with van der Waals surface area (Å²) in [4.78, 5) is 12.2. The van der Waals surface area contributed by atoms with Crippen molar-refractivity contribution >= 4 is 27.5 Å². The van der Waals surface area contributed by atoms with Crippen LogP contribution in [0.15, 0.2) is 28.7 Å². The van der Waals surface area contributed by atoms with Crippen molar-refractivity contribution in [1.82, 2.24) is 9.78 Å². The second kappa shape index (κ2) is 5.96. The van der Waals surface area contributed by atoms with Crippen molar-refractivity contribution in [2.75, 3.05) is 19.5 Å². The Balaban J connectivity index is 2.24. The van der Waals surface area contributed by atoms with Gasteiger partial charge in [-0.2, -0.15) is 5.10 Å². The molecule has 1 aromatic heterocycles. The molecule has 0 bridgehead atoms. The van der Waals surface area contributed by atoms with Gasteiger partial charge in [-0.1, -0.05) is 6.07 Å². The molecule has 20 heavy (non-hydrogen) atoms. The topological polar surface area (TPSA) is 65.4 Å². The van der Waals surface area contributed by atoms with Crippen LogP contribution in [-0.4, -0.2) is 29.9 Å². The molecule has 0 saturated carbocycles. The molecule has 2 aromatic rings. The molecule has 6 nitrogen and oxygen atoms in total. The van der Waals surface area contributed by atoms with Crippen LogP contribution in [-0.2, 0) is 7.05 Å². The van der Waals surface area contributed by atoms with Crippen LogP contribution in [0.25, 0.3) is 0 Å². The Morgan fingerprint density at radius 3 is 2.70 bits per heavy atom. The molecule has 1 heterocycles. The molecule has 1 aromatic carbocycles. The zero-order chi connectivity index (χ0) is 14.7. The number of anilines is 1. The summed E-state index contributed by atoms with van der Waals surface area (Å²) in [6, 6.07) is 7.10. The zero-order valence-electron chi connectivity index (χ0n) is 11.3. The van der Waals surface area contributed by atoms with Gasteiger partial charge in [0.05, 0.1) is 14.2 Å². The fourth-order valence-corrected chi connectivity index (χ4v) is 2.42. The number of amides is 1. The minimum Gasteiger partial charge on any atom is -0.497 e. The van der Waals surface area contributed by atoms with Crippen molar-refractivity contribution in [3.05, 3.63) is 34.4 Å². The SMILES string of the molecule is COc1cccc(NC(=O)c2nn(C)c(OC)c2Br)c1. The highest BCUT2D eigenvalue weighted by atomic mass is 79.9. The summed E-state index contributed by atoms with van der Waals surface area (Å²) >= 11 is 3.31. The summed E-state index contributed by atoms with van der Waals surface area (Å²) in [6.07, 6.45) is 0. The normalized spacial score (nSPS) is 10.2. The molecule has 0 aliphatic carbocycles. The largest absolute Gasteiger partial charge is 0.497 e. The molecule has 0 atom stereocenters. The first-order valence-electron chi connectivity index (χ1n) is 5.78. The first kappa shape index (κ1) is 14.4. The van der Waals surface area contributed by atoms with Gasteiger partial charge >= 0.3 is 0 Å². The lowest BCUT2D eigenvalue weighted by molar-refractivity contribution is 0.102. The van der Waals surface area contributed by atoms with E-state index in [0.717, 1.165) is 0 Å². The monoisotopic (exact) mass is 339 g/mol. The molecule has 0 aliphatic rings. The number of methoxy groups -OCH3 is 2. The Kier molecular flexibility index (Phi) is 4.29. The minimum absolute atomic E-state index is 0.257. The van der Waals surface area contributed by atoms with Crippen molar-refractivity contribution in [3.8, 4) is 11.6 Å².